The lowest BCUT2D eigenvalue weighted by Gasteiger charge is -2.29. The van der Waals surface area contributed by atoms with E-state index < -0.39 is 5.41 Å². The average molecular weight is 287 g/mol. The van der Waals surface area contributed by atoms with Gasteiger partial charge in [0.15, 0.2) is 0 Å². The first-order valence-corrected chi connectivity index (χ1v) is 7.40. The van der Waals surface area contributed by atoms with Crippen LogP contribution in [-0.2, 0) is 16.0 Å². The second kappa shape index (κ2) is 5.06. The number of hydrogen-bond acceptors (Lipinski definition) is 3. The van der Waals surface area contributed by atoms with Crippen LogP contribution in [0.15, 0.2) is 24.3 Å². The smallest absolute Gasteiger partial charge is 0.227 e. The van der Waals surface area contributed by atoms with Gasteiger partial charge in [-0.3, -0.25) is 9.59 Å². The Balaban J connectivity index is 1.69. The number of carbonyl (C=O) groups is 2. The van der Waals surface area contributed by atoms with Crippen LogP contribution in [0.1, 0.15) is 18.9 Å². The van der Waals surface area contributed by atoms with Gasteiger partial charge in [-0.25, -0.2) is 0 Å². The minimum atomic E-state index is -0.574. The number of amides is 2. The van der Waals surface area contributed by atoms with Crippen LogP contribution in [0.25, 0.3) is 0 Å². The van der Waals surface area contributed by atoms with Crippen molar-refractivity contribution in [2.75, 3.05) is 25.0 Å². The molecule has 2 aliphatic rings. The van der Waals surface area contributed by atoms with E-state index in [0.717, 1.165) is 12.1 Å². The molecule has 0 saturated carbocycles. The van der Waals surface area contributed by atoms with E-state index in [1.807, 2.05) is 25.1 Å². The van der Waals surface area contributed by atoms with Crippen molar-refractivity contribution in [2.24, 2.45) is 17.1 Å². The average Bonchev–Trinajstić information content (AvgIpc) is 2.90. The normalized spacial score (nSPS) is 27.9. The molecular weight excluding hydrogens is 266 g/mol. The predicted molar refractivity (Wildman–Crippen MR) is 80.6 cm³/mol. The van der Waals surface area contributed by atoms with Gasteiger partial charge >= 0.3 is 0 Å². The molecule has 0 aromatic heterocycles. The van der Waals surface area contributed by atoms with Crippen molar-refractivity contribution in [1.82, 2.24) is 4.90 Å². The highest BCUT2D eigenvalue weighted by Crippen LogP contribution is 2.32. The molecule has 2 atom stereocenters. The zero-order valence-corrected chi connectivity index (χ0v) is 12.3. The molecule has 5 nitrogen and oxygen atoms in total. The Labute approximate surface area is 124 Å². The third kappa shape index (κ3) is 2.48. The topological polar surface area (TPSA) is 75.4 Å². The van der Waals surface area contributed by atoms with Gasteiger partial charge in [-0.2, -0.15) is 0 Å². The van der Waals surface area contributed by atoms with E-state index in [1.54, 1.807) is 4.90 Å². The number of hydrogen-bond donors (Lipinski definition) is 2. The molecule has 112 valence electrons. The van der Waals surface area contributed by atoms with Crippen molar-refractivity contribution < 1.29 is 9.59 Å². The van der Waals surface area contributed by atoms with Crippen molar-refractivity contribution in [1.29, 1.82) is 0 Å². The summed E-state index contributed by atoms with van der Waals surface area (Å²) < 4.78 is 0. The van der Waals surface area contributed by atoms with Crippen molar-refractivity contribution in [2.45, 2.75) is 19.8 Å². The van der Waals surface area contributed by atoms with Crippen molar-refractivity contribution >= 4 is 17.5 Å². The van der Waals surface area contributed by atoms with Gasteiger partial charge in [0, 0.05) is 25.3 Å². The highest BCUT2D eigenvalue weighted by Gasteiger charge is 2.42. The van der Waals surface area contributed by atoms with Gasteiger partial charge in [0.05, 0.1) is 11.3 Å². The summed E-state index contributed by atoms with van der Waals surface area (Å²) in [4.78, 5) is 26.0. The molecule has 3 N–H and O–H groups in total. The summed E-state index contributed by atoms with van der Waals surface area (Å²) in [6.45, 7) is 3.56. The van der Waals surface area contributed by atoms with Gasteiger partial charge in [0.2, 0.25) is 11.8 Å². The van der Waals surface area contributed by atoms with Crippen molar-refractivity contribution in [3.05, 3.63) is 29.8 Å². The van der Waals surface area contributed by atoms with E-state index in [-0.39, 0.29) is 17.7 Å². The number of fused-ring (bicyclic) bond motifs is 1. The van der Waals surface area contributed by atoms with Gasteiger partial charge in [-0.15, -0.1) is 0 Å². The monoisotopic (exact) mass is 287 g/mol. The summed E-state index contributed by atoms with van der Waals surface area (Å²) >= 11 is 0. The van der Waals surface area contributed by atoms with Gasteiger partial charge in [-0.05, 0) is 31.4 Å². The number of nitrogens with two attached hydrogens (primary N) is 1. The highest BCUT2D eigenvalue weighted by atomic mass is 16.2. The second-order valence-electron chi connectivity index (χ2n) is 6.37. The van der Waals surface area contributed by atoms with Crippen LogP contribution in [0.3, 0.4) is 0 Å². The van der Waals surface area contributed by atoms with Gasteiger partial charge < -0.3 is 16.0 Å². The molecule has 0 aliphatic carbocycles. The van der Waals surface area contributed by atoms with Crippen LogP contribution < -0.4 is 11.1 Å². The van der Waals surface area contributed by atoms with Crippen molar-refractivity contribution in [3.63, 3.8) is 0 Å². The molecule has 2 unspecified atom stereocenters. The number of nitrogens with one attached hydrogen (secondary N) is 1. The molecule has 21 heavy (non-hydrogen) atoms. The minimum Gasteiger partial charge on any atom is -0.384 e. The lowest BCUT2D eigenvalue weighted by Crippen LogP contribution is -2.43. The standard InChI is InChI=1S/C16H21N3O2/c1-16(15(17)21)6-7-19(10-16)14(20)12-8-11-4-2-3-5-13(11)18-9-12/h2-5,12,18H,6-10H2,1H3,(H2,17,21). The number of nitrogens with zero attached hydrogens (tertiary/aromatic N) is 1. The van der Waals surface area contributed by atoms with Crippen LogP contribution in [0.5, 0.6) is 0 Å². The highest BCUT2D eigenvalue weighted by molar-refractivity contribution is 5.85. The maximum absolute atomic E-state index is 12.7. The number of anilines is 1. The fourth-order valence-electron chi connectivity index (χ4n) is 3.22. The number of likely N-dealkylation sites (tertiary alicyclic amines) is 1. The molecule has 3 rings (SSSR count). The molecule has 0 spiro atoms. The van der Waals surface area contributed by atoms with Crippen LogP contribution in [0.2, 0.25) is 0 Å². The predicted octanol–water partition coefficient (Wildman–Crippen LogP) is 0.995. The molecule has 0 radical (unpaired) electrons. The zero-order chi connectivity index (χ0) is 15.0. The molecule has 1 saturated heterocycles. The fourth-order valence-corrected chi connectivity index (χ4v) is 3.22. The Kier molecular flexibility index (Phi) is 3.35. The molecule has 2 amide bonds. The molecule has 5 heteroatoms. The summed E-state index contributed by atoms with van der Waals surface area (Å²) in [5.74, 6) is -0.248. The fraction of sp³-hybridized carbons (Fsp3) is 0.500. The Morgan fingerprint density at radius 1 is 1.38 bits per heavy atom. The molecule has 2 aliphatic heterocycles. The molecule has 1 fully saturated rings. The third-order valence-corrected chi connectivity index (χ3v) is 4.75. The second-order valence-corrected chi connectivity index (χ2v) is 6.37. The van der Waals surface area contributed by atoms with Crippen LogP contribution in [-0.4, -0.2) is 36.3 Å². The van der Waals surface area contributed by atoms with Crippen LogP contribution >= 0.6 is 0 Å². The Morgan fingerprint density at radius 3 is 2.86 bits per heavy atom. The lowest BCUT2D eigenvalue weighted by molar-refractivity contribution is -0.135. The van der Waals surface area contributed by atoms with Crippen LogP contribution in [0.4, 0.5) is 5.69 Å². The van der Waals surface area contributed by atoms with Crippen LogP contribution in [0, 0.1) is 11.3 Å². The first kappa shape index (κ1) is 13.9. The van der Waals surface area contributed by atoms with E-state index in [4.69, 9.17) is 5.73 Å². The molecular formula is C16H21N3O2. The summed E-state index contributed by atoms with van der Waals surface area (Å²) in [5.41, 5.74) is 7.17. The number of carbonyl (C=O) groups excluding carboxylic acids is 2. The number of para-hydroxylation sites is 1. The molecule has 1 aromatic rings. The first-order valence-electron chi connectivity index (χ1n) is 7.40. The Bertz CT molecular complexity index is 587. The van der Waals surface area contributed by atoms with E-state index in [0.29, 0.717) is 26.1 Å². The SMILES string of the molecule is CC1(C(N)=O)CCN(C(=O)C2CNc3ccccc3C2)C1. The summed E-state index contributed by atoms with van der Waals surface area (Å²) in [6, 6.07) is 8.08. The largest absolute Gasteiger partial charge is 0.384 e. The lowest BCUT2D eigenvalue weighted by atomic mass is 9.89. The summed E-state index contributed by atoms with van der Waals surface area (Å²) in [7, 11) is 0. The van der Waals surface area contributed by atoms with Gasteiger partial charge in [0.1, 0.15) is 0 Å². The summed E-state index contributed by atoms with van der Waals surface area (Å²) in [5, 5.41) is 3.32. The molecule has 2 heterocycles. The Hall–Kier alpha value is -2.04. The van der Waals surface area contributed by atoms with Gasteiger partial charge in [-0.1, -0.05) is 18.2 Å². The maximum Gasteiger partial charge on any atom is 0.227 e. The maximum atomic E-state index is 12.7. The van der Waals surface area contributed by atoms with E-state index >= 15 is 0 Å². The molecule has 1 aromatic carbocycles. The summed E-state index contributed by atoms with van der Waals surface area (Å²) in [6.07, 6.45) is 1.41. The Morgan fingerprint density at radius 2 is 2.14 bits per heavy atom. The number of benzene rings is 1. The van der Waals surface area contributed by atoms with Gasteiger partial charge in [0.25, 0.3) is 0 Å². The van der Waals surface area contributed by atoms with E-state index in [9.17, 15) is 9.59 Å². The van der Waals surface area contributed by atoms with E-state index in [2.05, 4.69) is 11.4 Å². The van der Waals surface area contributed by atoms with Crippen molar-refractivity contribution in [3.8, 4) is 0 Å². The first-order chi connectivity index (χ1) is 9.99. The number of rotatable bonds is 2. The minimum absolute atomic E-state index is 0.0601. The zero-order valence-electron chi connectivity index (χ0n) is 12.3. The molecule has 0 bridgehead atoms. The quantitative estimate of drug-likeness (QED) is 0.852. The number of primary amides is 1. The van der Waals surface area contributed by atoms with E-state index in [1.165, 1.54) is 5.56 Å². The third-order valence-electron chi connectivity index (χ3n) is 4.75.